The predicted octanol–water partition coefficient (Wildman–Crippen LogP) is 3.45. The number of anilines is 2. The zero-order valence-corrected chi connectivity index (χ0v) is 22.4. The zero-order valence-electron chi connectivity index (χ0n) is 21.5. The molecule has 2 aromatic heterocycles. The van der Waals surface area contributed by atoms with E-state index in [2.05, 4.69) is 30.0 Å². The topological polar surface area (TPSA) is 145 Å². The number of amides is 1. The first-order valence-corrected chi connectivity index (χ1v) is 14.8. The molecule has 1 aromatic carbocycles. The Hall–Kier alpha value is -3.64. The number of aromatic nitrogens is 4. The number of carbonyl (C=O) groups excluding carboxylic acids is 1. The Morgan fingerprint density at radius 2 is 1.90 bits per heavy atom. The first kappa shape index (κ1) is 25.6. The standard InChI is InChI=1S/C27H30N6O5S/c1-2-37-25-15-28-14-22(32-25)17-4-3-5-18(10-17)31-26(34)27(12-19-6-7-20(13-27)38-19)23-11-24(30-16-29-23)33-39(35,36)21-8-9-21/h3-5,10-11,14-16,19-21H,2,6-9,12-13H2,1H3,(H,31,34)(H,29,30,33). The maximum atomic E-state index is 14.1. The third-order valence-electron chi connectivity index (χ3n) is 7.47. The van der Waals surface area contributed by atoms with Crippen LogP contribution in [0, 0.1) is 0 Å². The number of benzene rings is 1. The maximum absolute atomic E-state index is 14.1. The van der Waals surface area contributed by atoms with Crippen molar-refractivity contribution in [3.8, 4) is 17.1 Å². The van der Waals surface area contributed by atoms with Crippen LogP contribution in [0.25, 0.3) is 11.3 Å². The van der Waals surface area contributed by atoms with E-state index in [-0.39, 0.29) is 23.9 Å². The average molecular weight is 551 g/mol. The van der Waals surface area contributed by atoms with E-state index in [1.165, 1.54) is 6.33 Å². The van der Waals surface area contributed by atoms with E-state index in [1.807, 2.05) is 31.2 Å². The third-order valence-corrected chi connectivity index (χ3v) is 9.31. The van der Waals surface area contributed by atoms with Gasteiger partial charge in [-0.3, -0.25) is 14.5 Å². The monoisotopic (exact) mass is 550 g/mol. The van der Waals surface area contributed by atoms with E-state index >= 15 is 0 Å². The molecule has 0 radical (unpaired) electrons. The second kappa shape index (κ2) is 10.2. The smallest absolute Gasteiger partial charge is 0.236 e. The summed E-state index contributed by atoms with van der Waals surface area (Å²) < 4.78 is 39.2. The van der Waals surface area contributed by atoms with Gasteiger partial charge in [-0.05, 0) is 57.6 Å². The van der Waals surface area contributed by atoms with E-state index in [0.717, 1.165) is 18.4 Å². The van der Waals surface area contributed by atoms with Crippen molar-refractivity contribution in [1.29, 1.82) is 0 Å². The normalized spacial score (nSPS) is 24.2. The van der Waals surface area contributed by atoms with Crippen molar-refractivity contribution in [2.45, 2.75) is 68.3 Å². The Morgan fingerprint density at radius 3 is 2.64 bits per heavy atom. The molecule has 11 nitrogen and oxygen atoms in total. The van der Waals surface area contributed by atoms with Crippen LogP contribution in [-0.2, 0) is 25.0 Å². The van der Waals surface area contributed by atoms with Crippen molar-refractivity contribution in [3.63, 3.8) is 0 Å². The number of fused-ring (bicyclic) bond motifs is 2. The number of carbonyl (C=O) groups is 1. The molecule has 4 heterocycles. The molecule has 2 unspecified atom stereocenters. The lowest BCUT2D eigenvalue weighted by Gasteiger charge is -2.39. The molecule has 204 valence electrons. The van der Waals surface area contributed by atoms with Crippen molar-refractivity contribution in [1.82, 2.24) is 19.9 Å². The lowest BCUT2D eigenvalue weighted by Crippen LogP contribution is -2.48. The number of nitrogens with zero attached hydrogens (tertiary/aromatic N) is 4. The molecule has 3 fully saturated rings. The van der Waals surface area contributed by atoms with Crippen LogP contribution in [0.2, 0.25) is 0 Å². The van der Waals surface area contributed by atoms with Crippen LogP contribution in [0.4, 0.5) is 11.5 Å². The molecule has 1 saturated carbocycles. The minimum absolute atomic E-state index is 0.0704. The Morgan fingerprint density at radius 1 is 1.10 bits per heavy atom. The molecule has 1 amide bonds. The first-order chi connectivity index (χ1) is 18.8. The van der Waals surface area contributed by atoms with Gasteiger partial charge in [0.1, 0.15) is 12.1 Å². The zero-order chi connectivity index (χ0) is 27.0. The summed E-state index contributed by atoms with van der Waals surface area (Å²) in [6.07, 6.45) is 8.30. The highest BCUT2D eigenvalue weighted by Gasteiger charge is 2.52. The van der Waals surface area contributed by atoms with Gasteiger partial charge in [0.25, 0.3) is 0 Å². The fourth-order valence-corrected chi connectivity index (χ4v) is 6.77. The molecule has 2 aliphatic heterocycles. The summed E-state index contributed by atoms with van der Waals surface area (Å²) in [5.41, 5.74) is 1.48. The van der Waals surface area contributed by atoms with E-state index in [9.17, 15) is 13.2 Å². The van der Waals surface area contributed by atoms with Crippen LogP contribution in [0.3, 0.4) is 0 Å². The van der Waals surface area contributed by atoms with E-state index in [0.29, 0.717) is 55.2 Å². The molecule has 39 heavy (non-hydrogen) atoms. The van der Waals surface area contributed by atoms with Gasteiger partial charge in [0.2, 0.25) is 21.8 Å². The number of rotatable bonds is 9. The van der Waals surface area contributed by atoms with Gasteiger partial charge in [0.05, 0.1) is 53.3 Å². The SMILES string of the molecule is CCOc1cncc(-c2cccc(NC(=O)C3(c4cc(NS(=O)(=O)C5CC5)ncn4)CC4CCC(C3)O4)c2)n1. The highest BCUT2D eigenvalue weighted by atomic mass is 32.2. The minimum Gasteiger partial charge on any atom is -0.477 e. The van der Waals surface area contributed by atoms with Crippen LogP contribution in [0.15, 0.2) is 49.1 Å². The van der Waals surface area contributed by atoms with Crippen molar-refractivity contribution >= 4 is 27.4 Å². The Kier molecular flexibility index (Phi) is 6.67. The van der Waals surface area contributed by atoms with Gasteiger partial charge >= 0.3 is 0 Å². The Balaban J connectivity index is 1.30. The summed E-state index contributed by atoms with van der Waals surface area (Å²) in [7, 11) is -3.51. The summed E-state index contributed by atoms with van der Waals surface area (Å²) in [6, 6.07) is 8.99. The molecule has 3 aromatic rings. The van der Waals surface area contributed by atoms with Crippen molar-refractivity contribution in [3.05, 3.63) is 54.7 Å². The van der Waals surface area contributed by atoms with Crippen LogP contribution >= 0.6 is 0 Å². The summed E-state index contributed by atoms with van der Waals surface area (Å²) >= 11 is 0. The number of hydrogen-bond donors (Lipinski definition) is 2. The predicted molar refractivity (Wildman–Crippen MR) is 144 cm³/mol. The maximum Gasteiger partial charge on any atom is 0.236 e. The van der Waals surface area contributed by atoms with Crippen molar-refractivity contribution < 1.29 is 22.7 Å². The van der Waals surface area contributed by atoms with Gasteiger partial charge < -0.3 is 14.8 Å². The second-order valence-corrected chi connectivity index (χ2v) is 12.3. The van der Waals surface area contributed by atoms with Gasteiger partial charge in [-0.15, -0.1) is 0 Å². The van der Waals surface area contributed by atoms with Crippen LogP contribution in [0.5, 0.6) is 5.88 Å². The van der Waals surface area contributed by atoms with Gasteiger partial charge in [0, 0.05) is 17.3 Å². The van der Waals surface area contributed by atoms with Gasteiger partial charge in [-0.1, -0.05) is 12.1 Å². The Bertz CT molecular complexity index is 1480. The molecule has 3 aliphatic rings. The number of nitrogens with one attached hydrogen (secondary N) is 2. The van der Waals surface area contributed by atoms with Crippen LogP contribution in [0.1, 0.15) is 51.1 Å². The average Bonchev–Trinajstić information content (AvgIpc) is 3.74. The van der Waals surface area contributed by atoms with Gasteiger partial charge in [0.15, 0.2) is 0 Å². The van der Waals surface area contributed by atoms with E-state index in [1.54, 1.807) is 18.5 Å². The molecular weight excluding hydrogens is 520 g/mol. The van der Waals surface area contributed by atoms with E-state index < -0.39 is 20.7 Å². The molecule has 1 aliphatic carbocycles. The largest absolute Gasteiger partial charge is 0.477 e. The van der Waals surface area contributed by atoms with Gasteiger partial charge in [-0.2, -0.15) is 0 Å². The lowest BCUT2D eigenvalue weighted by atomic mass is 9.73. The van der Waals surface area contributed by atoms with Crippen LogP contribution in [-0.4, -0.2) is 58.3 Å². The lowest BCUT2D eigenvalue weighted by molar-refractivity contribution is -0.129. The molecule has 2 N–H and O–H groups in total. The molecule has 0 spiro atoms. The van der Waals surface area contributed by atoms with Crippen molar-refractivity contribution in [2.75, 3.05) is 16.6 Å². The molecule has 12 heteroatoms. The number of ether oxygens (including phenoxy) is 2. The highest BCUT2D eigenvalue weighted by molar-refractivity contribution is 7.93. The second-order valence-electron chi connectivity index (χ2n) is 10.3. The molecule has 2 bridgehead atoms. The summed E-state index contributed by atoms with van der Waals surface area (Å²) in [5, 5.41) is 2.70. The Labute approximate surface area is 226 Å². The van der Waals surface area contributed by atoms with Crippen molar-refractivity contribution in [2.24, 2.45) is 0 Å². The van der Waals surface area contributed by atoms with Gasteiger partial charge in [-0.25, -0.2) is 23.4 Å². The fraction of sp³-hybridized carbons (Fsp3) is 0.444. The summed E-state index contributed by atoms with van der Waals surface area (Å²) in [4.78, 5) is 31.4. The molecule has 2 atom stereocenters. The summed E-state index contributed by atoms with van der Waals surface area (Å²) in [6.45, 7) is 2.36. The molecule has 6 rings (SSSR count). The fourth-order valence-electron chi connectivity index (χ4n) is 5.45. The highest BCUT2D eigenvalue weighted by Crippen LogP contribution is 2.46. The molecular formula is C27H30N6O5S. The number of sulfonamides is 1. The van der Waals surface area contributed by atoms with Crippen LogP contribution < -0.4 is 14.8 Å². The summed E-state index contributed by atoms with van der Waals surface area (Å²) in [5.74, 6) is 0.384. The third kappa shape index (κ3) is 5.30. The molecule has 2 saturated heterocycles. The van der Waals surface area contributed by atoms with E-state index in [4.69, 9.17) is 9.47 Å². The quantitative estimate of drug-likeness (QED) is 0.409. The minimum atomic E-state index is -3.51. The first-order valence-electron chi connectivity index (χ1n) is 13.2. The number of hydrogen-bond acceptors (Lipinski definition) is 9.